The molecule has 1 atom stereocenters. The molecule has 0 fully saturated rings. The van der Waals surface area contributed by atoms with Crippen LogP contribution >= 0.6 is 0 Å². The molecule has 0 aliphatic heterocycles. The molecule has 3 nitrogen and oxygen atoms in total. The van der Waals surface area contributed by atoms with Crippen LogP contribution in [0.5, 0.6) is 0 Å². The second kappa shape index (κ2) is 5.53. The average molecular weight is 249 g/mol. The minimum Gasteiger partial charge on any atom is -0.327 e. The van der Waals surface area contributed by atoms with Crippen molar-refractivity contribution in [1.29, 1.82) is 0 Å². The van der Waals surface area contributed by atoms with Crippen molar-refractivity contribution in [2.24, 2.45) is 5.73 Å². The number of halogens is 3. The third-order valence-corrected chi connectivity index (χ3v) is 2.46. The van der Waals surface area contributed by atoms with E-state index in [9.17, 15) is 13.2 Å². The molecular formula is C11H18F3N3. The largest absolute Gasteiger partial charge is 0.389 e. The van der Waals surface area contributed by atoms with Crippen molar-refractivity contribution in [3.63, 3.8) is 0 Å². The maximum absolute atomic E-state index is 12.0. The zero-order chi connectivity index (χ0) is 13.1. The summed E-state index contributed by atoms with van der Waals surface area (Å²) < 4.78 is 37.7. The first kappa shape index (κ1) is 14.0. The van der Waals surface area contributed by atoms with Crippen LogP contribution in [0.3, 0.4) is 0 Å². The van der Waals surface area contributed by atoms with Gasteiger partial charge < -0.3 is 5.73 Å². The fourth-order valence-corrected chi connectivity index (χ4v) is 1.49. The summed E-state index contributed by atoms with van der Waals surface area (Å²) in [6.07, 6.45) is -2.82. The van der Waals surface area contributed by atoms with Gasteiger partial charge in [0.2, 0.25) is 0 Å². The molecule has 0 spiro atoms. The number of hydrogen-bond acceptors (Lipinski definition) is 2. The average Bonchev–Trinajstić information content (AvgIpc) is 2.62. The Bertz CT molecular complexity index is 344. The molecule has 17 heavy (non-hydrogen) atoms. The molecule has 0 saturated heterocycles. The van der Waals surface area contributed by atoms with E-state index in [1.807, 2.05) is 20.0 Å². The van der Waals surface area contributed by atoms with Gasteiger partial charge in [-0.3, -0.25) is 4.68 Å². The van der Waals surface area contributed by atoms with Crippen LogP contribution in [-0.4, -0.2) is 22.0 Å². The van der Waals surface area contributed by atoms with Crippen LogP contribution in [-0.2, 0) is 6.42 Å². The van der Waals surface area contributed by atoms with E-state index < -0.39 is 18.6 Å². The normalized spacial score (nSPS) is 14.3. The molecule has 6 heteroatoms. The van der Waals surface area contributed by atoms with Gasteiger partial charge in [-0.2, -0.15) is 18.3 Å². The van der Waals surface area contributed by atoms with E-state index in [-0.39, 0.29) is 12.5 Å². The second-order valence-electron chi connectivity index (χ2n) is 4.50. The van der Waals surface area contributed by atoms with Crippen molar-refractivity contribution in [3.05, 3.63) is 18.0 Å². The number of aromatic nitrogens is 2. The quantitative estimate of drug-likeness (QED) is 0.871. The molecule has 98 valence electrons. The van der Waals surface area contributed by atoms with Gasteiger partial charge in [0.25, 0.3) is 0 Å². The molecule has 1 unspecified atom stereocenters. The van der Waals surface area contributed by atoms with Crippen LogP contribution in [0.1, 0.15) is 38.4 Å². The standard InChI is InChI=1S/C11H18F3N3/c1-8(2)17-6-4-10(16-17)7-9(15)3-5-11(12,13)14/h4,6,8-9H,3,5,7,15H2,1-2H3. The Balaban J connectivity index is 2.42. The Labute approximate surface area is 98.8 Å². The molecule has 1 aromatic heterocycles. The Hall–Kier alpha value is -1.04. The molecule has 0 aliphatic rings. The summed E-state index contributed by atoms with van der Waals surface area (Å²) in [5, 5.41) is 4.25. The van der Waals surface area contributed by atoms with Gasteiger partial charge in [-0.05, 0) is 26.3 Å². The number of alkyl halides is 3. The Morgan fingerprint density at radius 2 is 2.06 bits per heavy atom. The number of rotatable bonds is 5. The molecule has 0 bridgehead atoms. The van der Waals surface area contributed by atoms with Crippen molar-refractivity contribution in [2.75, 3.05) is 0 Å². The van der Waals surface area contributed by atoms with E-state index in [0.717, 1.165) is 5.69 Å². The fraction of sp³-hybridized carbons (Fsp3) is 0.727. The summed E-state index contributed by atoms with van der Waals surface area (Å²) in [5.41, 5.74) is 6.39. The Morgan fingerprint density at radius 1 is 1.41 bits per heavy atom. The highest BCUT2D eigenvalue weighted by molar-refractivity contribution is 5.01. The second-order valence-corrected chi connectivity index (χ2v) is 4.50. The van der Waals surface area contributed by atoms with E-state index in [2.05, 4.69) is 5.10 Å². The van der Waals surface area contributed by atoms with Crippen molar-refractivity contribution >= 4 is 0 Å². The minimum atomic E-state index is -4.13. The highest BCUT2D eigenvalue weighted by atomic mass is 19.4. The van der Waals surface area contributed by atoms with Crippen LogP contribution in [0.4, 0.5) is 13.2 Å². The molecule has 0 radical (unpaired) electrons. The lowest BCUT2D eigenvalue weighted by Gasteiger charge is -2.11. The monoisotopic (exact) mass is 249 g/mol. The first-order chi connectivity index (χ1) is 7.78. The van der Waals surface area contributed by atoms with Gasteiger partial charge in [0.15, 0.2) is 0 Å². The van der Waals surface area contributed by atoms with Crippen LogP contribution in [0, 0.1) is 0 Å². The van der Waals surface area contributed by atoms with Gasteiger partial charge in [-0.1, -0.05) is 0 Å². The predicted molar refractivity (Wildman–Crippen MR) is 59.6 cm³/mol. The summed E-state index contributed by atoms with van der Waals surface area (Å²) in [5.74, 6) is 0. The zero-order valence-corrected chi connectivity index (χ0v) is 10.0. The molecule has 0 amide bonds. The first-order valence-electron chi connectivity index (χ1n) is 5.64. The lowest BCUT2D eigenvalue weighted by molar-refractivity contribution is -0.136. The smallest absolute Gasteiger partial charge is 0.327 e. The number of nitrogens with two attached hydrogens (primary N) is 1. The maximum atomic E-state index is 12.0. The van der Waals surface area contributed by atoms with Crippen LogP contribution in [0.15, 0.2) is 12.3 Å². The fourth-order valence-electron chi connectivity index (χ4n) is 1.49. The van der Waals surface area contributed by atoms with Gasteiger partial charge in [0.1, 0.15) is 0 Å². The van der Waals surface area contributed by atoms with E-state index in [4.69, 9.17) is 5.73 Å². The summed E-state index contributed by atoms with van der Waals surface area (Å²) in [6.45, 7) is 3.97. The molecule has 0 aliphatic carbocycles. The van der Waals surface area contributed by atoms with Gasteiger partial charge in [0, 0.05) is 31.1 Å². The van der Waals surface area contributed by atoms with Crippen molar-refractivity contribution in [1.82, 2.24) is 9.78 Å². The summed E-state index contributed by atoms with van der Waals surface area (Å²) in [7, 11) is 0. The maximum Gasteiger partial charge on any atom is 0.389 e. The molecule has 1 heterocycles. The third kappa shape index (κ3) is 5.21. The van der Waals surface area contributed by atoms with Gasteiger partial charge in [-0.15, -0.1) is 0 Å². The van der Waals surface area contributed by atoms with Crippen molar-refractivity contribution in [2.45, 2.75) is 51.4 Å². The van der Waals surface area contributed by atoms with E-state index in [1.54, 1.807) is 10.7 Å². The van der Waals surface area contributed by atoms with Crippen LogP contribution in [0.2, 0.25) is 0 Å². The molecule has 1 rings (SSSR count). The Kier molecular flexibility index (Phi) is 4.56. The van der Waals surface area contributed by atoms with Gasteiger partial charge in [-0.25, -0.2) is 0 Å². The lowest BCUT2D eigenvalue weighted by atomic mass is 10.1. The first-order valence-corrected chi connectivity index (χ1v) is 5.64. The zero-order valence-electron chi connectivity index (χ0n) is 10.0. The van der Waals surface area contributed by atoms with E-state index >= 15 is 0 Å². The lowest BCUT2D eigenvalue weighted by Crippen LogP contribution is -2.25. The summed E-state index contributed by atoms with van der Waals surface area (Å²) in [6, 6.07) is 1.55. The van der Waals surface area contributed by atoms with E-state index in [1.165, 1.54) is 0 Å². The highest BCUT2D eigenvalue weighted by Gasteiger charge is 2.27. The third-order valence-electron chi connectivity index (χ3n) is 2.46. The topological polar surface area (TPSA) is 43.8 Å². The molecule has 0 saturated carbocycles. The SMILES string of the molecule is CC(C)n1ccc(CC(N)CCC(F)(F)F)n1. The molecular weight excluding hydrogens is 231 g/mol. The highest BCUT2D eigenvalue weighted by Crippen LogP contribution is 2.22. The van der Waals surface area contributed by atoms with Crippen LogP contribution in [0.25, 0.3) is 0 Å². The van der Waals surface area contributed by atoms with Crippen molar-refractivity contribution < 1.29 is 13.2 Å². The minimum absolute atomic E-state index is 0.0575. The number of nitrogens with zero attached hydrogens (tertiary/aromatic N) is 2. The van der Waals surface area contributed by atoms with Crippen molar-refractivity contribution in [3.8, 4) is 0 Å². The number of hydrogen-bond donors (Lipinski definition) is 1. The molecule has 0 aromatic carbocycles. The Morgan fingerprint density at radius 3 is 2.53 bits per heavy atom. The molecule has 1 aromatic rings. The summed E-state index contributed by atoms with van der Waals surface area (Å²) >= 11 is 0. The van der Waals surface area contributed by atoms with Crippen LogP contribution < -0.4 is 5.73 Å². The summed E-state index contributed by atoms with van der Waals surface area (Å²) in [4.78, 5) is 0. The van der Waals surface area contributed by atoms with E-state index in [0.29, 0.717) is 6.42 Å². The van der Waals surface area contributed by atoms with Gasteiger partial charge >= 0.3 is 6.18 Å². The van der Waals surface area contributed by atoms with Gasteiger partial charge in [0.05, 0.1) is 5.69 Å². The predicted octanol–water partition coefficient (Wildman–Crippen LogP) is 2.68. The molecule has 2 N–H and O–H groups in total.